The number of rotatable bonds is 3. The van der Waals surface area contributed by atoms with Gasteiger partial charge in [-0.05, 0) is 43.0 Å². The molecule has 2 aromatic carbocycles. The molecule has 1 unspecified atom stereocenters. The van der Waals surface area contributed by atoms with Gasteiger partial charge < -0.3 is 14.0 Å². The highest BCUT2D eigenvalue weighted by Crippen LogP contribution is 2.34. The fourth-order valence-electron chi connectivity index (χ4n) is 4.31. The van der Waals surface area contributed by atoms with Crippen LogP contribution in [0.15, 0.2) is 47.4 Å². The van der Waals surface area contributed by atoms with E-state index in [9.17, 15) is 8.42 Å². The number of benzene rings is 2. The van der Waals surface area contributed by atoms with Gasteiger partial charge in [0.15, 0.2) is 11.5 Å². The van der Waals surface area contributed by atoms with E-state index in [2.05, 4.69) is 28.5 Å². The first kappa shape index (κ1) is 17.6. The van der Waals surface area contributed by atoms with Crippen LogP contribution in [0.25, 0.3) is 10.9 Å². The van der Waals surface area contributed by atoms with E-state index in [0.717, 1.165) is 12.8 Å². The van der Waals surface area contributed by atoms with Crippen molar-refractivity contribution in [2.45, 2.75) is 30.2 Å². The standard InChI is InChI=1S/C21H22N2O4S/c1-23-18-5-3-2-4-16(18)17-12-14(6-8-19(17)23)22-28(24,25)15-7-9-20-21(13-15)27-11-10-26-20/h2-5,7,9,13-14,22H,6,8,10-12H2,1H3. The van der Waals surface area contributed by atoms with E-state index in [-0.39, 0.29) is 10.9 Å². The molecule has 28 heavy (non-hydrogen) atoms. The number of para-hydroxylation sites is 1. The Morgan fingerprint density at radius 2 is 1.86 bits per heavy atom. The molecule has 1 aromatic heterocycles. The van der Waals surface area contributed by atoms with Crippen molar-refractivity contribution in [3.05, 3.63) is 53.7 Å². The Morgan fingerprint density at radius 1 is 1.07 bits per heavy atom. The molecular formula is C21H22N2O4S. The molecule has 0 spiro atoms. The van der Waals surface area contributed by atoms with Gasteiger partial charge in [-0.1, -0.05) is 18.2 Å². The SMILES string of the molecule is Cn1c2c(c3ccccc31)CC(NS(=O)(=O)c1ccc3c(c1)OCCO3)CC2. The molecule has 1 aliphatic carbocycles. The van der Waals surface area contributed by atoms with Gasteiger partial charge in [-0.2, -0.15) is 0 Å². The third-order valence-corrected chi connectivity index (χ3v) is 7.19. The van der Waals surface area contributed by atoms with Crippen molar-refractivity contribution < 1.29 is 17.9 Å². The highest BCUT2D eigenvalue weighted by atomic mass is 32.2. The van der Waals surface area contributed by atoms with Crippen LogP contribution in [0.3, 0.4) is 0 Å². The van der Waals surface area contributed by atoms with Crippen molar-refractivity contribution in [2.24, 2.45) is 7.05 Å². The zero-order valence-corrected chi connectivity index (χ0v) is 16.5. The third-order valence-electron chi connectivity index (χ3n) is 5.67. The molecule has 1 N–H and O–H groups in total. The van der Waals surface area contributed by atoms with Crippen molar-refractivity contribution in [3.8, 4) is 11.5 Å². The van der Waals surface area contributed by atoms with Gasteiger partial charge in [-0.15, -0.1) is 0 Å². The lowest BCUT2D eigenvalue weighted by atomic mass is 9.92. The van der Waals surface area contributed by atoms with E-state index in [0.29, 0.717) is 31.1 Å². The van der Waals surface area contributed by atoms with Crippen LogP contribution in [0.4, 0.5) is 0 Å². The van der Waals surface area contributed by atoms with Crippen LogP contribution in [-0.2, 0) is 29.9 Å². The molecule has 5 rings (SSSR count). The van der Waals surface area contributed by atoms with E-state index in [4.69, 9.17) is 9.47 Å². The van der Waals surface area contributed by atoms with Crippen LogP contribution < -0.4 is 14.2 Å². The molecular weight excluding hydrogens is 376 g/mol. The number of sulfonamides is 1. The lowest BCUT2D eigenvalue weighted by Crippen LogP contribution is -2.39. The van der Waals surface area contributed by atoms with Crippen LogP contribution in [0.2, 0.25) is 0 Å². The fraction of sp³-hybridized carbons (Fsp3) is 0.333. The van der Waals surface area contributed by atoms with Crippen molar-refractivity contribution in [2.75, 3.05) is 13.2 Å². The number of aryl methyl sites for hydroxylation is 1. The molecule has 2 heterocycles. The summed E-state index contributed by atoms with van der Waals surface area (Å²) in [7, 11) is -1.55. The Labute approximate surface area is 164 Å². The van der Waals surface area contributed by atoms with Crippen molar-refractivity contribution in [1.29, 1.82) is 0 Å². The molecule has 146 valence electrons. The number of fused-ring (bicyclic) bond motifs is 4. The molecule has 6 nitrogen and oxygen atoms in total. The van der Waals surface area contributed by atoms with Gasteiger partial charge in [0.2, 0.25) is 10.0 Å². The fourth-order valence-corrected chi connectivity index (χ4v) is 5.59. The molecule has 7 heteroatoms. The van der Waals surface area contributed by atoms with Gasteiger partial charge >= 0.3 is 0 Å². The summed E-state index contributed by atoms with van der Waals surface area (Å²) in [6.07, 6.45) is 2.33. The number of hydrogen-bond donors (Lipinski definition) is 1. The average Bonchev–Trinajstić information content (AvgIpc) is 2.99. The van der Waals surface area contributed by atoms with Gasteiger partial charge in [0.05, 0.1) is 4.90 Å². The Kier molecular flexibility index (Phi) is 4.10. The third kappa shape index (κ3) is 2.86. The minimum absolute atomic E-state index is 0.128. The number of hydrogen-bond acceptors (Lipinski definition) is 4. The largest absolute Gasteiger partial charge is 0.486 e. The lowest BCUT2D eigenvalue weighted by molar-refractivity contribution is 0.171. The molecule has 0 amide bonds. The summed E-state index contributed by atoms with van der Waals surface area (Å²) in [5.41, 5.74) is 3.75. The normalized spacial score (nSPS) is 18.8. The Bertz CT molecular complexity index is 1170. The van der Waals surface area contributed by atoms with Gasteiger partial charge in [0.25, 0.3) is 0 Å². The van der Waals surface area contributed by atoms with Crippen LogP contribution in [0, 0.1) is 0 Å². The Balaban J connectivity index is 1.42. The molecule has 2 aliphatic rings. The number of nitrogens with one attached hydrogen (secondary N) is 1. The van der Waals surface area contributed by atoms with E-state index < -0.39 is 10.0 Å². The van der Waals surface area contributed by atoms with E-state index >= 15 is 0 Å². The minimum Gasteiger partial charge on any atom is -0.486 e. The van der Waals surface area contributed by atoms with Gasteiger partial charge in [-0.25, -0.2) is 13.1 Å². The predicted octanol–water partition coefficient (Wildman–Crippen LogP) is 2.79. The van der Waals surface area contributed by atoms with Crippen molar-refractivity contribution >= 4 is 20.9 Å². The maximum absolute atomic E-state index is 13.0. The summed E-state index contributed by atoms with van der Waals surface area (Å²) in [6.45, 7) is 0.906. The van der Waals surface area contributed by atoms with Crippen LogP contribution >= 0.6 is 0 Å². The van der Waals surface area contributed by atoms with Crippen molar-refractivity contribution in [1.82, 2.24) is 9.29 Å². The summed E-state index contributed by atoms with van der Waals surface area (Å²) in [4.78, 5) is 0.209. The molecule has 0 saturated carbocycles. The second-order valence-corrected chi connectivity index (χ2v) is 9.08. The zero-order chi connectivity index (χ0) is 19.3. The quantitative estimate of drug-likeness (QED) is 0.737. The molecule has 3 aromatic rings. The van der Waals surface area contributed by atoms with E-state index in [1.165, 1.54) is 22.2 Å². The lowest BCUT2D eigenvalue weighted by Gasteiger charge is -2.25. The summed E-state index contributed by atoms with van der Waals surface area (Å²) in [5.74, 6) is 1.07. The Hall–Kier alpha value is -2.51. The molecule has 0 fully saturated rings. The monoisotopic (exact) mass is 398 g/mol. The highest BCUT2D eigenvalue weighted by Gasteiger charge is 2.28. The van der Waals surface area contributed by atoms with Crippen molar-refractivity contribution in [3.63, 3.8) is 0 Å². The maximum Gasteiger partial charge on any atom is 0.240 e. The van der Waals surface area contributed by atoms with Gasteiger partial charge in [0.1, 0.15) is 13.2 Å². The summed E-state index contributed by atoms with van der Waals surface area (Å²) < 4.78 is 42.0. The number of aromatic nitrogens is 1. The van der Waals surface area contributed by atoms with Crippen LogP contribution in [-0.4, -0.2) is 32.2 Å². The Morgan fingerprint density at radius 3 is 2.71 bits per heavy atom. The highest BCUT2D eigenvalue weighted by molar-refractivity contribution is 7.89. The molecule has 0 saturated heterocycles. The average molecular weight is 398 g/mol. The van der Waals surface area contributed by atoms with Crippen LogP contribution in [0.1, 0.15) is 17.7 Å². The summed E-state index contributed by atoms with van der Waals surface area (Å²) >= 11 is 0. The number of nitrogens with zero attached hydrogens (tertiary/aromatic N) is 1. The first-order valence-corrected chi connectivity index (χ1v) is 11.0. The first-order chi connectivity index (χ1) is 13.5. The molecule has 1 atom stereocenters. The zero-order valence-electron chi connectivity index (χ0n) is 15.6. The number of ether oxygens (including phenoxy) is 2. The first-order valence-electron chi connectivity index (χ1n) is 9.50. The predicted molar refractivity (Wildman–Crippen MR) is 106 cm³/mol. The van der Waals surface area contributed by atoms with Gasteiger partial charge in [0, 0.05) is 35.8 Å². The second kappa shape index (κ2) is 6.53. The topological polar surface area (TPSA) is 69.6 Å². The molecule has 0 bridgehead atoms. The molecule has 1 aliphatic heterocycles. The van der Waals surface area contributed by atoms with Crippen LogP contribution in [0.5, 0.6) is 11.5 Å². The van der Waals surface area contributed by atoms with E-state index in [1.807, 2.05) is 12.1 Å². The van der Waals surface area contributed by atoms with E-state index in [1.54, 1.807) is 18.2 Å². The second-order valence-electron chi connectivity index (χ2n) is 7.37. The smallest absolute Gasteiger partial charge is 0.240 e. The van der Waals surface area contributed by atoms with Gasteiger partial charge in [-0.3, -0.25) is 0 Å². The molecule has 0 radical (unpaired) electrons. The summed E-state index contributed by atoms with van der Waals surface area (Å²) in [6, 6.07) is 12.9. The minimum atomic E-state index is -3.63. The maximum atomic E-state index is 13.0. The summed E-state index contributed by atoms with van der Waals surface area (Å²) in [5, 5.41) is 1.21.